The monoisotopic (exact) mass is 349 g/mol. The Hall–Kier alpha value is -2.44. The van der Waals surface area contributed by atoms with Gasteiger partial charge in [0, 0.05) is 13.1 Å². The number of urea groups is 1. The summed E-state index contributed by atoms with van der Waals surface area (Å²) < 4.78 is 10.9. The van der Waals surface area contributed by atoms with Crippen molar-refractivity contribution in [3.05, 3.63) is 23.8 Å². The van der Waals surface area contributed by atoms with E-state index in [1.807, 2.05) is 32.0 Å². The minimum absolute atomic E-state index is 0.0636. The lowest BCUT2D eigenvalue weighted by Gasteiger charge is -2.31. The van der Waals surface area contributed by atoms with Crippen molar-refractivity contribution >= 4 is 11.9 Å². The molecule has 1 aliphatic rings. The molecule has 1 aromatic rings. The van der Waals surface area contributed by atoms with Crippen LogP contribution in [-0.2, 0) is 4.79 Å². The first-order valence-corrected chi connectivity index (χ1v) is 8.61. The first kappa shape index (κ1) is 18.9. The summed E-state index contributed by atoms with van der Waals surface area (Å²) in [4.78, 5) is 25.4. The van der Waals surface area contributed by atoms with Crippen molar-refractivity contribution in [2.75, 3.05) is 26.8 Å². The van der Waals surface area contributed by atoms with Gasteiger partial charge in [-0.2, -0.15) is 0 Å². The van der Waals surface area contributed by atoms with Gasteiger partial charge in [0.05, 0.1) is 25.7 Å². The molecule has 0 spiro atoms. The van der Waals surface area contributed by atoms with Gasteiger partial charge in [0.15, 0.2) is 11.5 Å². The van der Waals surface area contributed by atoms with Crippen molar-refractivity contribution in [3.63, 3.8) is 0 Å². The predicted molar refractivity (Wildman–Crippen MR) is 94.6 cm³/mol. The van der Waals surface area contributed by atoms with E-state index >= 15 is 0 Å². The number of amides is 3. The third-order valence-electron chi connectivity index (χ3n) is 4.45. The standard InChI is InChI=1S/C18H27N3O4/c1-4-25-15-8-7-13(10-16(15)24-3)12(2)20-17(22)14-6-5-9-21(11-14)18(19)23/h7-8,10,12,14H,4-6,9,11H2,1-3H3,(H2,19,23)(H,20,22)/t12-,14+/m1/s1. The zero-order chi connectivity index (χ0) is 18.4. The van der Waals surface area contributed by atoms with Gasteiger partial charge < -0.3 is 25.4 Å². The lowest BCUT2D eigenvalue weighted by atomic mass is 9.96. The lowest BCUT2D eigenvalue weighted by Crippen LogP contribution is -2.47. The Balaban J connectivity index is 2.02. The predicted octanol–water partition coefficient (Wildman–Crippen LogP) is 2.06. The van der Waals surface area contributed by atoms with E-state index in [0.717, 1.165) is 18.4 Å². The normalized spacial score (nSPS) is 18.4. The van der Waals surface area contributed by atoms with Crippen LogP contribution in [0.2, 0.25) is 0 Å². The van der Waals surface area contributed by atoms with Crippen LogP contribution in [0.4, 0.5) is 4.79 Å². The van der Waals surface area contributed by atoms with Gasteiger partial charge in [-0.25, -0.2) is 4.79 Å². The number of primary amides is 1. The molecular formula is C18H27N3O4. The van der Waals surface area contributed by atoms with Crippen LogP contribution >= 0.6 is 0 Å². The molecule has 7 heteroatoms. The lowest BCUT2D eigenvalue weighted by molar-refractivity contribution is -0.126. The Labute approximate surface area is 148 Å². The highest BCUT2D eigenvalue weighted by Crippen LogP contribution is 2.30. The number of hydrogen-bond donors (Lipinski definition) is 2. The highest BCUT2D eigenvalue weighted by Gasteiger charge is 2.28. The fraction of sp³-hybridized carbons (Fsp3) is 0.556. The van der Waals surface area contributed by atoms with Crippen molar-refractivity contribution in [1.29, 1.82) is 0 Å². The molecule has 0 bridgehead atoms. The van der Waals surface area contributed by atoms with E-state index in [9.17, 15) is 9.59 Å². The summed E-state index contributed by atoms with van der Waals surface area (Å²) in [6.45, 7) is 5.38. The van der Waals surface area contributed by atoms with E-state index in [1.54, 1.807) is 7.11 Å². The molecule has 0 radical (unpaired) electrons. The number of rotatable bonds is 6. The van der Waals surface area contributed by atoms with Gasteiger partial charge in [-0.15, -0.1) is 0 Å². The van der Waals surface area contributed by atoms with Crippen LogP contribution in [0.1, 0.15) is 38.3 Å². The molecule has 2 atom stereocenters. The number of piperidine rings is 1. The molecule has 138 valence electrons. The number of hydrogen-bond acceptors (Lipinski definition) is 4. The fourth-order valence-corrected chi connectivity index (χ4v) is 3.03. The minimum Gasteiger partial charge on any atom is -0.493 e. The topological polar surface area (TPSA) is 93.9 Å². The zero-order valence-electron chi connectivity index (χ0n) is 15.1. The number of methoxy groups -OCH3 is 1. The van der Waals surface area contributed by atoms with Crippen LogP contribution in [-0.4, -0.2) is 43.6 Å². The molecule has 2 rings (SSSR count). The van der Waals surface area contributed by atoms with Gasteiger partial charge in [-0.05, 0) is 44.4 Å². The molecule has 0 saturated carbocycles. The van der Waals surface area contributed by atoms with Crippen molar-refractivity contribution in [1.82, 2.24) is 10.2 Å². The van der Waals surface area contributed by atoms with Crippen LogP contribution in [0, 0.1) is 5.92 Å². The summed E-state index contributed by atoms with van der Waals surface area (Å²) in [6, 6.07) is 4.97. The Morgan fingerprint density at radius 1 is 1.40 bits per heavy atom. The van der Waals surface area contributed by atoms with Crippen LogP contribution in [0.25, 0.3) is 0 Å². The van der Waals surface area contributed by atoms with E-state index in [0.29, 0.717) is 31.2 Å². The van der Waals surface area contributed by atoms with Crippen LogP contribution in [0.3, 0.4) is 0 Å². The molecule has 3 amide bonds. The number of benzene rings is 1. The molecule has 7 nitrogen and oxygen atoms in total. The van der Waals surface area contributed by atoms with E-state index in [2.05, 4.69) is 5.32 Å². The molecule has 0 unspecified atom stereocenters. The van der Waals surface area contributed by atoms with Gasteiger partial charge >= 0.3 is 6.03 Å². The van der Waals surface area contributed by atoms with Gasteiger partial charge in [-0.3, -0.25) is 4.79 Å². The number of carbonyl (C=O) groups is 2. The molecule has 1 aromatic carbocycles. The Bertz CT molecular complexity index is 620. The smallest absolute Gasteiger partial charge is 0.314 e. The third-order valence-corrected chi connectivity index (χ3v) is 4.45. The second-order valence-electron chi connectivity index (χ2n) is 6.20. The quantitative estimate of drug-likeness (QED) is 0.822. The molecule has 1 aliphatic heterocycles. The van der Waals surface area contributed by atoms with E-state index < -0.39 is 6.03 Å². The maximum Gasteiger partial charge on any atom is 0.314 e. The molecule has 1 heterocycles. The average Bonchev–Trinajstić information content (AvgIpc) is 2.62. The minimum atomic E-state index is -0.471. The Kier molecular flexibility index (Phi) is 6.50. The maximum absolute atomic E-state index is 12.5. The number of carbonyl (C=O) groups excluding carboxylic acids is 2. The summed E-state index contributed by atoms with van der Waals surface area (Å²) in [6.07, 6.45) is 1.54. The molecule has 25 heavy (non-hydrogen) atoms. The summed E-state index contributed by atoms with van der Waals surface area (Å²) in [5, 5.41) is 3.01. The van der Waals surface area contributed by atoms with Crippen molar-refractivity contribution < 1.29 is 19.1 Å². The van der Waals surface area contributed by atoms with Crippen molar-refractivity contribution in [2.24, 2.45) is 11.7 Å². The van der Waals surface area contributed by atoms with Gasteiger partial charge in [-0.1, -0.05) is 6.07 Å². The van der Waals surface area contributed by atoms with E-state index in [1.165, 1.54) is 4.90 Å². The summed E-state index contributed by atoms with van der Waals surface area (Å²) in [7, 11) is 1.59. The Morgan fingerprint density at radius 2 is 2.16 bits per heavy atom. The summed E-state index contributed by atoms with van der Waals surface area (Å²) in [5.74, 6) is 1.02. The Morgan fingerprint density at radius 3 is 2.80 bits per heavy atom. The highest BCUT2D eigenvalue weighted by atomic mass is 16.5. The summed E-state index contributed by atoms with van der Waals surface area (Å²) in [5.41, 5.74) is 6.25. The molecule has 0 aromatic heterocycles. The number of likely N-dealkylation sites (tertiary alicyclic amines) is 1. The van der Waals surface area contributed by atoms with Gasteiger partial charge in [0.2, 0.25) is 5.91 Å². The molecule has 0 aliphatic carbocycles. The van der Waals surface area contributed by atoms with Crippen LogP contribution in [0.15, 0.2) is 18.2 Å². The largest absolute Gasteiger partial charge is 0.493 e. The number of nitrogens with zero attached hydrogens (tertiary/aromatic N) is 1. The number of nitrogens with one attached hydrogen (secondary N) is 1. The second kappa shape index (κ2) is 8.60. The second-order valence-corrected chi connectivity index (χ2v) is 6.20. The highest BCUT2D eigenvalue weighted by molar-refractivity contribution is 5.80. The average molecular weight is 349 g/mol. The van der Waals surface area contributed by atoms with Gasteiger partial charge in [0.1, 0.15) is 0 Å². The molecular weight excluding hydrogens is 322 g/mol. The maximum atomic E-state index is 12.5. The molecule has 1 fully saturated rings. The van der Waals surface area contributed by atoms with Crippen molar-refractivity contribution in [3.8, 4) is 11.5 Å². The van der Waals surface area contributed by atoms with Crippen LogP contribution < -0.4 is 20.5 Å². The molecule has 1 saturated heterocycles. The van der Waals surface area contributed by atoms with Crippen molar-refractivity contribution in [2.45, 2.75) is 32.7 Å². The van der Waals surface area contributed by atoms with E-state index in [4.69, 9.17) is 15.2 Å². The molecule has 3 N–H and O–H groups in total. The third kappa shape index (κ3) is 4.78. The first-order chi connectivity index (χ1) is 12.0. The number of ether oxygens (including phenoxy) is 2. The fourth-order valence-electron chi connectivity index (χ4n) is 3.03. The SMILES string of the molecule is CCOc1ccc([C@@H](C)NC(=O)[C@H]2CCCN(C(N)=O)C2)cc1OC. The zero-order valence-corrected chi connectivity index (χ0v) is 15.1. The van der Waals surface area contributed by atoms with Gasteiger partial charge in [0.25, 0.3) is 0 Å². The summed E-state index contributed by atoms with van der Waals surface area (Å²) >= 11 is 0. The number of nitrogens with two attached hydrogens (primary N) is 1. The van der Waals surface area contributed by atoms with Crippen LogP contribution in [0.5, 0.6) is 11.5 Å². The van der Waals surface area contributed by atoms with E-state index in [-0.39, 0.29) is 17.9 Å². The first-order valence-electron chi connectivity index (χ1n) is 8.61.